The van der Waals surface area contributed by atoms with Crippen LogP contribution in [0.25, 0.3) is 0 Å². The number of hydrogen-bond donors (Lipinski definition) is 6. The van der Waals surface area contributed by atoms with Crippen LogP contribution >= 0.6 is 0 Å². The third-order valence-corrected chi connectivity index (χ3v) is 3.10. The number of rotatable bonds is 2. The third-order valence-electron chi connectivity index (χ3n) is 3.10. The van der Waals surface area contributed by atoms with Gasteiger partial charge in [-0.15, -0.1) is 0 Å². The van der Waals surface area contributed by atoms with E-state index >= 15 is 0 Å². The molecule has 0 aliphatic heterocycles. The molecule has 0 heterocycles. The number of phenolic OH excluding ortho intramolecular Hbond substituents is 2. The van der Waals surface area contributed by atoms with Crippen molar-refractivity contribution in [1.29, 1.82) is 0 Å². The lowest BCUT2D eigenvalue weighted by molar-refractivity contribution is 0.0686. The van der Waals surface area contributed by atoms with E-state index in [1.165, 1.54) is 42.5 Å². The number of aromatic hydroxyl groups is 2. The fraction of sp³-hybridized carbons (Fsp3) is 0. The Balaban J connectivity index is 0.000000212. The minimum atomic E-state index is -0.952. The number of carbonyl (C=O) groups is 2. The molecule has 0 atom stereocenters. The van der Waals surface area contributed by atoms with Crippen LogP contribution in [-0.4, -0.2) is 32.4 Å². The van der Waals surface area contributed by atoms with Crippen LogP contribution in [0.1, 0.15) is 20.7 Å². The van der Waals surface area contributed by atoms with E-state index in [-0.39, 0.29) is 22.6 Å². The molecular formula is C20H20N2O6. The molecule has 0 saturated heterocycles. The topological polar surface area (TPSA) is 167 Å². The van der Waals surface area contributed by atoms with Gasteiger partial charge in [-0.2, -0.15) is 0 Å². The first-order chi connectivity index (χ1) is 13.2. The highest BCUT2D eigenvalue weighted by Gasteiger charge is 2.00. The van der Waals surface area contributed by atoms with Crippen molar-refractivity contribution in [1.82, 2.24) is 0 Å². The van der Waals surface area contributed by atoms with Gasteiger partial charge in [0.05, 0.1) is 11.1 Å². The molecule has 0 aromatic heterocycles. The van der Waals surface area contributed by atoms with Crippen molar-refractivity contribution in [2.75, 3.05) is 11.5 Å². The lowest BCUT2D eigenvalue weighted by Crippen LogP contribution is -1.96. The molecule has 28 heavy (non-hydrogen) atoms. The van der Waals surface area contributed by atoms with Crippen molar-refractivity contribution >= 4 is 23.3 Å². The second kappa shape index (κ2) is 10.7. The summed E-state index contributed by atoms with van der Waals surface area (Å²) in [6, 6.07) is 18.2. The number of nitrogens with two attached hydrogens (primary N) is 2. The Morgan fingerprint density at radius 1 is 0.607 bits per heavy atom. The van der Waals surface area contributed by atoms with E-state index in [4.69, 9.17) is 31.9 Å². The first kappa shape index (κ1) is 21.8. The minimum Gasteiger partial charge on any atom is -0.508 e. The molecule has 0 aliphatic carbocycles. The van der Waals surface area contributed by atoms with E-state index in [1.54, 1.807) is 30.3 Å². The average Bonchev–Trinajstić information content (AvgIpc) is 2.62. The van der Waals surface area contributed by atoms with Gasteiger partial charge in [0.1, 0.15) is 11.5 Å². The Morgan fingerprint density at radius 3 is 1.18 bits per heavy atom. The normalized spacial score (nSPS) is 9.14. The maximum absolute atomic E-state index is 10.3. The van der Waals surface area contributed by atoms with Crippen LogP contribution in [0.2, 0.25) is 0 Å². The number of phenols is 2. The highest BCUT2D eigenvalue weighted by molar-refractivity contribution is 5.89. The molecule has 8 heteroatoms. The highest BCUT2D eigenvalue weighted by atomic mass is 16.4. The van der Waals surface area contributed by atoms with Crippen molar-refractivity contribution in [2.45, 2.75) is 0 Å². The summed E-state index contributed by atoms with van der Waals surface area (Å²) in [5, 5.41) is 34.2. The predicted octanol–water partition coefficient (Wildman–Crippen LogP) is 3.03. The first-order valence-corrected chi connectivity index (χ1v) is 7.84. The molecule has 0 fully saturated rings. The Morgan fingerprint density at radius 2 is 0.964 bits per heavy atom. The van der Waals surface area contributed by atoms with Gasteiger partial charge in [0.25, 0.3) is 0 Å². The van der Waals surface area contributed by atoms with Gasteiger partial charge in [-0.1, -0.05) is 18.2 Å². The molecule has 0 amide bonds. The Kier molecular flexibility index (Phi) is 8.36. The zero-order valence-electron chi connectivity index (χ0n) is 14.7. The number of hydrogen-bond acceptors (Lipinski definition) is 6. The van der Waals surface area contributed by atoms with E-state index < -0.39 is 11.9 Å². The van der Waals surface area contributed by atoms with Gasteiger partial charge in [0.15, 0.2) is 0 Å². The molecule has 8 nitrogen and oxygen atoms in total. The van der Waals surface area contributed by atoms with Gasteiger partial charge in [-0.25, -0.2) is 9.59 Å². The Hall–Kier alpha value is -4.20. The summed E-state index contributed by atoms with van der Waals surface area (Å²) in [4.78, 5) is 20.6. The fourth-order valence-electron chi connectivity index (χ4n) is 1.84. The van der Waals surface area contributed by atoms with Gasteiger partial charge in [-0.3, -0.25) is 0 Å². The summed E-state index contributed by atoms with van der Waals surface area (Å²) in [6.45, 7) is 0. The number of carboxylic acid groups (broad SMARTS) is 2. The number of carboxylic acids is 2. The summed E-state index contributed by atoms with van der Waals surface area (Å²) in [7, 11) is 0. The SMILES string of the molecule is Nc1cccc(C(=O)O)c1.Nc1cccc(C(=O)O)c1.Oc1cccc(O)c1. The molecule has 0 aliphatic rings. The van der Waals surface area contributed by atoms with Gasteiger partial charge < -0.3 is 31.9 Å². The van der Waals surface area contributed by atoms with Crippen LogP contribution in [0.5, 0.6) is 11.5 Å². The lowest BCUT2D eigenvalue weighted by Gasteiger charge is -1.93. The summed E-state index contributed by atoms with van der Waals surface area (Å²) in [5.74, 6) is -1.73. The van der Waals surface area contributed by atoms with Gasteiger partial charge >= 0.3 is 11.9 Å². The summed E-state index contributed by atoms with van der Waals surface area (Å²) in [5.41, 5.74) is 12.1. The molecule has 3 aromatic carbocycles. The van der Waals surface area contributed by atoms with Crippen molar-refractivity contribution in [3.05, 3.63) is 83.9 Å². The van der Waals surface area contributed by atoms with Crippen LogP contribution in [0.4, 0.5) is 11.4 Å². The van der Waals surface area contributed by atoms with Crippen LogP contribution in [0.3, 0.4) is 0 Å². The first-order valence-electron chi connectivity index (χ1n) is 7.84. The van der Waals surface area contributed by atoms with Crippen molar-refractivity contribution < 1.29 is 30.0 Å². The van der Waals surface area contributed by atoms with Crippen LogP contribution < -0.4 is 11.5 Å². The smallest absolute Gasteiger partial charge is 0.335 e. The zero-order chi connectivity index (χ0) is 21.1. The second-order valence-corrected chi connectivity index (χ2v) is 5.38. The molecule has 3 aromatic rings. The summed E-state index contributed by atoms with van der Waals surface area (Å²) < 4.78 is 0. The molecule has 0 saturated carbocycles. The molecule has 8 N–H and O–H groups in total. The zero-order valence-corrected chi connectivity index (χ0v) is 14.7. The monoisotopic (exact) mass is 384 g/mol. The molecular weight excluding hydrogens is 364 g/mol. The molecule has 0 bridgehead atoms. The van der Waals surface area contributed by atoms with Crippen LogP contribution in [0.15, 0.2) is 72.8 Å². The number of aromatic carboxylic acids is 2. The molecule has 3 rings (SSSR count). The van der Waals surface area contributed by atoms with Gasteiger partial charge in [-0.05, 0) is 48.5 Å². The number of anilines is 2. The second-order valence-electron chi connectivity index (χ2n) is 5.38. The summed E-state index contributed by atoms with van der Waals surface area (Å²) in [6.07, 6.45) is 0. The van der Waals surface area contributed by atoms with Crippen LogP contribution in [0, 0.1) is 0 Å². The van der Waals surface area contributed by atoms with E-state index in [1.807, 2.05) is 0 Å². The van der Waals surface area contributed by atoms with E-state index in [0.717, 1.165) is 0 Å². The predicted molar refractivity (Wildman–Crippen MR) is 105 cm³/mol. The third kappa shape index (κ3) is 8.26. The fourth-order valence-corrected chi connectivity index (χ4v) is 1.84. The van der Waals surface area contributed by atoms with E-state index in [0.29, 0.717) is 11.4 Å². The Bertz CT molecular complexity index is 870. The maximum Gasteiger partial charge on any atom is 0.335 e. The number of nitrogen functional groups attached to an aromatic ring is 2. The van der Waals surface area contributed by atoms with E-state index in [9.17, 15) is 9.59 Å². The largest absolute Gasteiger partial charge is 0.508 e. The Labute approximate surface area is 160 Å². The lowest BCUT2D eigenvalue weighted by atomic mass is 10.2. The van der Waals surface area contributed by atoms with Gasteiger partial charge in [0, 0.05) is 17.4 Å². The molecule has 146 valence electrons. The highest BCUT2D eigenvalue weighted by Crippen LogP contribution is 2.14. The van der Waals surface area contributed by atoms with E-state index in [2.05, 4.69) is 0 Å². The quantitative estimate of drug-likeness (QED) is 0.366. The van der Waals surface area contributed by atoms with Crippen molar-refractivity contribution in [3.63, 3.8) is 0 Å². The standard InChI is InChI=1S/2C7H7NO2.C6H6O2/c2*8-6-3-1-2-5(4-6)7(9)10;7-5-2-1-3-6(8)4-5/h2*1-4H,8H2,(H,9,10);1-4,7-8H. The van der Waals surface area contributed by atoms with Crippen molar-refractivity contribution in [2.24, 2.45) is 0 Å². The molecule has 0 unspecified atom stereocenters. The number of benzene rings is 3. The van der Waals surface area contributed by atoms with Crippen LogP contribution in [-0.2, 0) is 0 Å². The molecule has 0 spiro atoms. The summed E-state index contributed by atoms with van der Waals surface area (Å²) >= 11 is 0. The minimum absolute atomic E-state index is 0.0880. The van der Waals surface area contributed by atoms with Crippen molar-refractivity contribution in [3.8, 4) is 11.5 Å². The van der Waals surface area contributed by atoms with Gasteiger partial charge in [0.2, 0.25) is 0 Å². The molecule has 0 radical (unpaired) electrons. The maximum atomic E-state index is 10.3. The average molecular weight is 384 g/mol.